The number of nitrogens with zero attached hydrogens (tertiary/aromatic N) is 2. The van der Waals surface area contributed by atoms with Crippen LogP contribution in [-0.4, -0.2) is 29.4 Å². The molecule has 2 heterocycles. The molecular formula is C16H25N3O2S. The van der Waals surface area contributed by atoms with Crippen molar-refractivity contribution in [1.82, 2.24) is 10.3 Å². The first-order valence-electron chi connectivity index (χ1n) is 8.14. The first kappa shape index (κ1) is 16.9. The summed E-state index contributed by atoms with van der Waals surface area (Å²) in [6.45, 7) is 4.96. The van der Waals surface area contributed by atoms with E-state index >= 15 is 0 Å². The Morgan fingerprint density at radius 1 is 1.50 bits per heavy atom. The minimum Gasteiger partial charge on any atom is -0.353 e. The number of amides is 2. The second-order valence-electron chi connectivity index (χ2n) is 5.91. The minimum atomic E-state index is 0.00796. The molecule has 6 heteroatoms. The molecule has 1 atom stereocenters. The van der Waals surface area contributed by atoms with E-state index in [1.54, 1.807) is 4.90 Å². The predicted molar refractivity (Wildman–Crippen MR) is 89.2 cm³/mol. The molecule has 1 aromatic rings. The predicted octanol–water partition coefficient (Wildman–Crippen LogP) is 2.90. The van der Waals surface area contributed by atoms with Gasteiger partial charge in [-0.2, -0.15) is 0 Å². The van der Waals surface area contributed by atoms with Gasteiger partial charge in [-0.1, -0.05) is 26.2 Å². The third-order valence-corrected chi connectivity index (χ3v) is 4.75. The van der Waals surface area contributed by atoms with Crippen molar-refractivity contribution in [1.29, 1.82) is 0 Å². The average molecular weight is 323 g/mol. The number of hydrogen-bond donors (Lipinski definition) is 1. The fourth-order valence-electron chi connectivity index (χ4n) is 2.61. The van der Waals surface area contributed by atoms with Crippen molar-refractivity contribution >= 4 is 28.3 Å². The molecule has 1 unspecified atom stereocenters. The van der Waals surface area contributed by atoms with Gasteiger partial charge in [0.2, 0.25) is 11.8 Å². The Balaban J connectivity index is 1.79. The molecule has 1 aliphatic rings. The SMILES string of the molecule is CCCCCC(C)NC(=O)Cc1csc(N2CCCC2=O)n1. The van der Waals surface area contributed by atoms with Crippen LogP contribution >= 0.6 is 11.3 Å². The lowest BCUT2D eigenvalue weighted by atomic mass is 10.1. The van der Waals surface area contributed by atoms with E-state index in [-0.39, 0.29) is 24.3 Å². The second kappa shape index (κ2) is 8.27. The summed E-state index contributed by atoms with van der Waals surface area (Å²) in [6.07, 6.45) is 6.35. The van der Waals surface area contributed by atoms with Crippen LogP contribution in [0.1, 0.15) is 58.1 Å². The number of nitrogens with one attached hydrogen (secondary N) is 1. The number of aromatic nitrogens is 1. The van der Waals surface area contributed by atoms with E-state index in [0.717, 1.165) is 36.6 Å². The van der Waals surface area contributed by atoms with E-state index in [4.69, 9.17) is 0 Å². The molecule has 122 valence electrons. The second-order valence-corrected chi connectivity index (χ2v) is 6.75. The van der Waals surface area contributed by atoms with Crippen LogP contribution in [0.4, 0.5) is 5.13 Å². The fraction of sp³-hybridized carbons (Fsp3) is 0.688. The molecule has 0 saturated carbocycles. The molecule has 0 aliphatic carbocycles. The van der Waals surface area contributed by atoms with E-state index in [9.17, 15) is 9.59 Å². The lowest BCUT2D eigenvalue weighted by Gasteiger charge is -2.13. The first-order chi connectivity index (χ1) is 10.6. The fourth-order valence-corrected chi connectivity index (χ4v) is 3.48. The highest BCUT2D eigenvalue weighted by Gasteiger charge is 2.24. The van der Waals surface area contributed by atoms with Gasteiger partial charge in [0.15, 0.2) is 5.13 Å². The highest BCUT2D eigenvalue weighted by Crippen LogP contribution is 2.25. The average Bonchev–Trinajstić information content (AvgIpc) is 3.07. The molecule has 1 saturated heterocycles. The molecule has 0 spiro atoms. The molecule has 2 amide bonds. The maximum absolute atomic E-state index is 12.0. The van der Waals surface area contributed by atoms with Crippen LogP contribution < -0.4 is 10.2 Å². The van der Waals surface area contributed by atoms with Gasteiger partial charge in [0.05, 0.1) is 12.1 Å². The number of rotatable bonds is 8. The standard InChI is InChI=1S/C16H25N3O2S/c1-3-4-5-7-12(2)17-14(20)10-13-11-22-16(18-13)19-9-6-8-15(19)21/h11-12H,3-10H2,1-2H3,(H,17,20). The van der Waals surface area contributed by atoms with Crippen molar-refractivity contribution in [3.63, 3.8) is 0 Å². The maximum atomic E-state index is 12.0. The van der Waals surface area contributed by atoms with Gasteiger partial charge in [0.25, 0.3) is 0 Å². The van der Waals surface area contributed by atoms with Crippen molar-refractivity contribution in [2.24, 2.45) is 0 Å². The van der Waals surface area contributed by atoms with Gasteiger partial charge in [-0.3, -0.25) is 14.5 Å². The number of unbranched alkanes of at least 4 members (excludes halogenated alkanes) is 2. The molecule has 22 heavy (non-hydrogen) atoms. The first-order valence-corrected chi connectivity index (χ1v) is 9.02. The number of thiazole rings is 1. The third-order valence-electron chi connectivity index (χ3n) is 3.83. The lowest BCUT2D eigenvalue weighted by molar-refractivity contribution is -0.121. The highest BCUT2D eigenvalue weighted by atomic mass is 32.1. The van der Waals surface area contributed by atoms with Crippen LogP contribution in [0.3, 0.4) is 0 Å². The Hall–Kier alpha value is -1.43. The Morgan fingerprint density at radius 2 is 2.32 bits per heavy atom. The van der Waals surface area contributed by atoms with Gasteiger partial charge >= 0.3 is 0 Å². The van der Waals surface area contributed by atoms with Crippen molar-refractivity contribution in [2.45, 2.75) is 64.8 Å². The zero-order valence-corrected chi connectivity index (χ0v) is 14.2. The van der Waals surface area contributed by atoms with Gasteiger partial charge in [0, 0.05) is 24.4 Å². The number of hydrogen-bond acceptors (Lipinski definition) is 4. The van der Waals surface area contributed by atoms with E-state index in [0.29, 0.717) is 6.42 Å². The summed E-state index contributed by atoms with van der Waals surface area (Å²) in [7, 11) is 0. The molecule has 1 aromatic heterocycles. The molecule has 2 rings (SSSR count). The van der Waals surface area contributed by atoms with Gasteiger partial charge in [-0.25, -0.2) is 4.98 Å². The third kappa shape index (κ3) is 4.80. The molecular weight excluding hydrogens is 298 g/mol. The number of carbonyl (C=O) groups excluding carboxylic acids is 2. The van der Waals surface area contributed by atoms with Crippen molar-refractivity contribution in [3.05, 3.63) is 11.1 Å². The highest BCUT2D eigenvalue weighted by molar-refractivity contribution is 7.14. The summed E-state index contributed by atoms with van der Waals surface area (Å²) in [6, 6.07) is 0.206. The summed E-state index contributed by atoms with van der Waals surface area (Å²) in [4.78, 5) is 29.9. The molecule has 5 nitrogen and oxygen atoms in total. The van der Waals surface area contributed by atoms with Crippen LogP contribution in [0.2, 0.25) is 0 Å². The van der Waals surface area contributed by atoms with Crippen LogP contribution in [0.15, 0.2) is 5.38 Å². The Morgan fingerprint density at radius 3 is 3.00 bits per heavy atom. The van der Waals surface area contributed by atoms with Gasteiger partial charge < -0.3 is 5.32 Å². The van der Waals surface area contributed by atoms with Crippen molar-refractivity contribution in [2.75, 3.05) is 11.4 Å². The summed E-state index contributed by atoms with van der Waals surface area (Å²) < 4.78 is 0. The zero-order chi connectivity index (χ0) is 15.9. The molecule has 0 aromatic carbocycles. The quantitative estimate of drug-likeness (QED) is 0.748. The van der Waals surface area contributed by atoms with Crippen LogP contribution in [-0.2, 0) is 16.0 Å². The zero-order valence-electron chi connectivity index (χ0n) is 13.4. The maximum Gasteiger partial charge on any atom is 0.228 e. The van der Waals surface area contributed by atoms with Gasteiger partial charge in [-0.15, -0.1) is 11.3 Å². The van der Waals surface area contributed by atoms with Crippen LogP contribution in [0.25, 0.3) is 0 Å². The normalized spacial score (nSPS) is 16.1. The van der Waals surface area contributed by atoms with Crippen LogP contribution in [0.5, 0.6) is 0 Å². The summed E-state index contributed by atoms with van der Waals surface area (Å²) in [5.41, 5.74) is 0.748. The smallest absolute Gasteiger partial charge is 0.228 e. The van der Waals surface area contributed by atoms with E-state index in [1.807, 2.05) is 12.3 Å². The van der Waals surface area contributed by atoms with E-state index in [2.05, 4.69) is 17.2 Å². The molecule has 1 N–H and O–H groups in total. The topological polar surface area (TPSA) is 62.3 Å². The summed E-state index contributed by atoms with van der Waals surface area (Å²) in [5.74, 6) is 0.142. The summed E-state index contributed by atoms with van der Waals surface area (Å²) in [5, 5.41) is 5.62. The van der Waals surface area contributed by atoms with Crippen molar-refractivity contribution in [3.8, 4) is 0 Å². The Kier molecular flexibility index (Phi) is 6.36. The van der Waals surface area contributed by atoms with Crippen LogP contribution in [0, 0.1) is 0 Å². The molecule has 0 radical (unpaired) electrons. The van der Waals surface area contributed by atoms with Gasteiger partial charge in [0.1, 0.15) is 0 Å². The molecule has 0 bridgehead atoms. The van der Waals surface area contributed by atoms with E-state index in [1.165, 1.54) is 24.2 Å². The number of anilines is 1. The summed E-state index contributed by atoms with van der Waals surface area (Å²) >= 11 is 1.44. The molecule has 1 aliphatic heterocycles. The van der Waals surface area contributed by atoms with Gasteiger partial charge in [-0.05, 0) is 19.8 Å². The van der Waals surface area contributed by atoms with E-state index < -0.39 is 0 Å². The monoisotopic (exact) mass is 323 g/mol. The lowest BCUT2D eigenvalue weighted by Crippen LogP contribution is -2.33. The number of carbonyl (C=O) groups is 2. The Bertz CT molecular complexity index is 515. The largest absolute Gasteiger partial charge is 0.353 e. The minimum absolute atomic E-state index is 0.00796. The molecule has 1 fully saturated rings. The van der Waals surface area contributed by atoms with Crippen molar-refractivity contribution < 1.29 is 9.59 Å². The Labute approximate surface area is 136 Å².